The van der Waals surface area contributed by atoms with Crippen LogP contribution in [0, 0.1) is 5.92 Å². The largest absolute Gasteiger partial charge is 0.508 e. The summed E-state index contributed by atoms with van der Waals surface area (Å²) in [4.78, 5) is 0. The molecule has 100 valence electrons. The van der Waals surface area contributed by atoms with E-state index < -0.39 is 11.7 Å². The standard InChI is InChI=1S/C13H16F3NO/c14-13(15,16)12-7-11(18)4-3-10(12)6-9-2-1-5-17-8-9/h3-4,7,9,17-18H,1-2,5-6,8H2. The van der Waals surface area contributed by atoms with Crippen molar-refractivity contribution in [1.82, 2.24) is 5.32 Å². The van der Waals surface area contributed by atoms with E-state index in [1.807, 2.05) is 0 Å². The third-order valence-corrected chi connectivity index (χ3v) is 3.31. The lowest BCUT2D eigenvalue weighted by molar-refractivity contribution is -0.138. The monoisotopic (exact) mass is 259 g/mol. The number of hydrogen-bond donors (Lipinski definition) is 2. The zero-order valence-corrected chi connectivity index (χ0v) is 9.93. The van der Waals surface area contributed by atoms with Crippen LogP contribution >= 0.6 is 0 Å². The van der Waals surface area contributed by atoms with Gasteiger partial charge >= 0.3 is 6.18 Å². The van der Waals surface area contributed by atoms with Gasteiger partial charge in [0.15, 0.2) is 0 Å². The summed E-state index contributed by atoms with van der Waals surface area (Å²) in [5.41, 5.74) is -0.443. The fraction of sp³-hybridized carbons (Fsp3) is 0.538. The highest BCUT2D eigenvalue weighted by Crippen LogP contribution is 2.35. The minimum Gasteiger partial charge on any atom is -0.508 e. The van der Waals surface area contributed by atoms with E-state index in [1.165, 1.54) is 12.1 Å². The molecule has 0 spiro atoms. The van der Waals surface area contributed by atoms with Crippen LogP contribution in [0.2, 0.25) is 0 Å². The summed E-state index contributed by atoms with van der Waals surface area (Å²) in [6.07, 6.45) is -2.05. The number of halogens is 3. The van der Waals surface area contributed by atoms with Gasteiger partial charge in [-0.15, -0.1) is 0 Å². The quantitative estimate of drug-likeness (QED) is 0.855. The highest BCUT2D eigenvalue weighted by molar-refractivity contribution is 5.37. The molecule has 1 aliphatic heterocycles. The Morgan fingerprint density at radius 2 is 2.11 bits per heavy atom. The van der Waals surface area contributed by atoms with Crippen molar-refractivity contribution < 1.29 is 18.3 Å². The number of aromatic hydroxyl groups is 1. The zero-order chi connectivity index (χ0) is 13.2. The molecule has 2 rings (SSSR count). The number of benzene rings is 1. The maximum atomic E-state index is 12.9. The van der Waals surface area contributed by atoms with E-state index in [2.05, 4.69) is 5.32 Å². The molecule has 1 saturated heterocycles. The number of alkyl halides is 3. The highest BCUT2D eigenvalue weighted by atomic mass is 19.4. The normalized spacial score (nSPS) is 20.9. The van der Waals surface area contributed by atoms with E-state index in [0.29, 0.717) is 6.42 Å². The average Bonchev–Trinajstić information content (AvgIpc) is 2.31. The Balaban J connectivity index is 2.21. The predicted octanol–water partition coefficient (Wildman–Crippen LogP) is 2.95. The van der Waals surface area contributed by atoms with Crippen molar-refractivity contribution in [3.8, 4) is 5.75 Å². The van der Waals surface area contributed by atoms with Crippen LogP contribution < -0.4 is 5.32 Å². The van der Waals surface area contributed by atoms with E-state index in [-0.39, 0.29) is 17.2 Å². The third-order valence-electron chi connectivity index (χ3n) is 3.31. The van der Waals surface area contributed by atoms with Gasteiger partial charge in [-0.3, -0.25) is 0 Å². The molecule has 5 heteroatoms. The van der Waals surface area contributed by atoms with Crippen LogP contribution in [0.3, 0.4) is 0 Å². The third kappa shape index (κ3) is 3.16. The van der Waals surface area contributed by atoms with Gasteiger partial charge in [-0.1, -0.05) is 6.07 Å². The van der Waals surface area contributed by atoms with Crippen LogP contribution in [-0.4, -0.2) is 18.2 Å². The Hall–Kier alpha value is -1.23. The molecular formula is C13H16F3NO. The van der Waals surface area contributed by atoms with E-state index in [1.54, 1.807) is 0 Å². The SMILES string of the molecule is Oc1ccc(CC2CCCNC2)c(C(F)(F)F)c1. The molecule has 0 saturated carbocycles. The number of hydrogen-bond acceptors (Lipinski definition) is 2. The Kier molecular flexibility index (Phi) is 3.80. The van der Waals surface area contributed by atoms with E-state index in [4.69, 9.17) is 0 Å². The maximum Gasteiger partial charge on any atom is 0.416 e. The van der Waals surface area contributed by atoms with Crippen molar-refractivity contribution in [1.29, 1.82) is 0 Å². The molecule has 2 N–H and O–H groups in total. The minimum absolute atomic E-state index is 0.240. The molecule has 1 aromatic rings. The second-order valence-corrected chi connectivity index (χ2v) is 4.76. The second kappa shape index (κ2) is 5.18. The molecular weight excluding hydrogens is 243 g/mol. The van der Waals surface area contributed by atoms with Gasteiger partial charge in [-0.2, -0.15) is 13.2 Å². The van der Waals surface area contributed by atoms with Crippen LogP contribution in [0.5, 0.6) is 5.75 Å². The summed E-state index contributed by atoms with van der Waals surface area (Å²) in [6.45, 7) is 1.70. The van der Waals surface area contributed by atoms with Gasteiger partial charge in [0.2, 0.25) is 0 Å². The fourth-order valence-electron chi connectivity index (χ4n) is 2.42. The lowest BCUT2D eigenvalue weighted by atomic mass is 9.90. The number of rotatable bonds is 2. The Labute approximate surface area is 104 Å². The number of phenolic OH excluding ortho intramolecular Hbond substituents is 1. The van der Waals surface area contributed by atoms with Crippen LogP contribution in [0.4, 0.5) is 13.2 Å². The van der Waals surface area contributed by atoms with Crippen molar-refractivity contribution in [2.45, 2.75) is 25.4 Å². The van der Waals surface area contributed by atoms with Crippen molar-refractivity contribution in [2.75, 3.05) is 13.1 Å². The molecule has 18 heavy (non-hydrogen) atoms. The van der Waals surface area contributed by atoms with Crippen molar-refractivity contribution in [3.05, 3.63) is 29.3 Å². The first-order valence-corrected chi connectivity index (χ1v) is 6.06. The predicted molar refractivity (Wildman–Crippen MR) is 62.4 cm³/mol. The van der Waals surface area contributed by atoms with Crippen molar-refractivity contribution in [2.24, 2.45) is 5.92 Å². The van der Waals surface area contributed by atoms with E-state index in [9.17, 15) is 18.3 Å². The van der Waals surface area contributed by atoms with Gasteiger partial charge in [0.25, 0.3) is 0 Å². The summed E-state index contributed by atoms with van der Waals surface area (Å²) in [7, 11) is 0. The average molecular weight is 259 g/mol. The lowest BCUT2D eigenvalue weighted by Gasteiger charge is -2.24. The van der Waals surface area contributed by atoms with E-state index >= 15 is 0 Å². The lowest BCUT2D eigenvalue weighted by Crippen LogP contribution is -2.31. The summed E-state index contributed by atoms with van der Waals surface area (Å²) in [5, 5.41) is 12.4. The smallest absolute Gasteiger partial charge is 0.416 e. The molecule has 1 aromatic carbocycles. The first kappa shape index (κ1) is 13.2. The van der Waals surface area contributed by atoms with Gasteiger partial charge < -0.3 is 10.4 Å². The van der Waals surface area contributed by atoms with Crippen molar-refractivity contribution in [3.63, 3.8) is 0 Å². The fourth-order valence-corrected chi connectivity index (χ4v) is 2.42. The molecule has 0 aliphatic carbocycles. The molecule has 2 nitrogen and oxygen atoms in total. The number of phenols is 1. The summed E-state index contributed by atoms with van der Waals surface area (Å²) in [6, 6.07) is 3.51. The number of piperidine rings is 1. The molecule has 0 amide bonds. The molecule has 0 bridgehead atoms. The summed E-state index contributed by atoms with van der Waals surface area (Å²) < 4.78 is 38.6. The molecule has 0 aromatic heterocycles. The van der Waals surface area contributed by atoms with E-state index in [0.717, 1.165) is 32.0 Å². The molecule has 0 radical (unpaired) electrons. The Morgan fingerprint density at radius 3 is 2.72 bits per heavy atom. The first-order valence-electron chi connectivity index (χ1n) is 6.06. The first-order chi connectivity index (χ1) is 8.47. The van der Waals surface area contributed by atoms with Gasteiger partial charge in [-0.05, 0) is 56.0 Å². The molecule has 1 aliphatic rings. The summed E-state index contributed by atoms with van der Waals surface area (Å²) >= 11 is 0. The highest BCUT2D eigenvalue weighted by Gasteiger charge is 2.34. The molecule has 1 heterocycles. The van der Waals surface area contributed by atoms with Gasteiger partial charge in [0, 0.05) is 0 Å². The van der Waals surface area contributed by atoms with Crippen LogP contribution in [0.1, 0.15) is 24.0 Å². The molecule has 1 fully saturated rings. The zero-order valence-electron chi connectivity index (χ0n) is 9.93. The van der Waals surface area contributed by atoms with Crippen LogP contribution in [0.15, 0.2) is 18.2 Å². The van der Waals surface area contributed by atoms with Gasteiger partial charge in [0.05, 0.1) is 5.56 Å². The Morgan fingerprint density at radius 1 is 1.33 bits per heavy atom. The number of nitrogens with one attached hydrogen (secondary N) is 1. The molecule has 1 unspecified atom stereocenters. The van der Waals surface area contributed by atoms with Crippen LogP contribution in [-0.2, 0) is 12.6 Å². The van der Waals surface area contributed by atoms with Gasteiger partial charge in [-0.25, -0.2) is 0 Å². The van der Waals surface area contributed by atoms with Gasteiger partial charge in [0.1, 0.15) is 5.75 Å². The van der Waals surface area contributed by atoms with Crippen molar-refractivity contribution >= 4 is 0 Å². The maximum absolute atomic E-state index is 12.9. The van der Waals surface area contributed by atoms with Crippen LogP contribution in [0.25, 0.3) is 0 Å². The summed E-state index contributed by atoms with van der Waals surface area (Å²) in [5.74, 6) is -0.0998. The minimum atomic E-state index is -4.41. The Bertz CT molecular complexity index is 411. The second-order valence-electron chi connectivity index (χ2n) is 4.76. The topological polar surface area (TPSA) is 32.3 Å². The molecule has 1 atom stereocenters.